The maximum Gasteiger partial charge on any atom is 0.224 e. The molecule has 1 aliphatic rings. The summed E-state index contributed by atoms with van der Waals surface area (Å²) in [6.45, 7) is 6.39. The second kappa shape index (κ2) is 10.9. The maximum atomic E-state index is 12.8. The summed E-state index contributed by atoms with van der Waals surface area (Å²) in [6, 6.07) is 15.4. The minimum atomic E-state index is -0.688. The molecule has 0 bridgehead atoms. The third-order valence-electron chi connectivity index (χ3n) is 5.29. The SMILES string of the molecule is COc1ccc(OCC(O)CN2CCC(=O)N(CC=C(C)C)Cc3ccccc32)cc1. The van der Waals surface area contributed by atoms with Gasteiger partial charge in [-0.3, -0.25) is 4.79 Å². The van der Waals surface area contributed by atoms with E-state index >= 15 is 0 Å². The highest BCUT2D eigenvalue weighted by molar-refractivity contribution is 5.78. The van der Waals surface area contributed by atoms with E-state index in [0.717, 1.165) is 17.0 Å². The first kappa shape index (κ1) is 22.7. The second-order valence-electron chi connectivity index (χ2n) is 8.02. The summed E-state index contributed by atoms with van der Waals surface area (Å²) in [6.07, 6.45) is 1.81. The first-order chi connectivity index (χ1) is 15.0. The number of methoxy groups -OCH3 is 1. The van der Waals surface area contributed by atoms with Gasteiger partial charge in [0.1, 0.15) is 24.2 Å². The molecule has 0 aromatic heterocycles. The lowest BCUT2D eigenvalue weighted by Crippen LogP contribution is -2.42. The van der Waals surface area contributed by atoms with Gasteiger partial charge in [-0.25, -0.2) is 0 Å². The molecule has 0 saturated carbocycles. The van der Waals surface area contributed by atoms with E-state index in [0.29, 0.717) is 38.3 Å². The van der Waals surface area contributed by atoms with Gasteiger partial charge in [-0.2, -0.15) is 0 Å². The second-order valence-corrected chi connectivity index (χ2v) is 8.02. The number of hydrogen-bond donors (Lipinski definition) is 1. The zero-order valence-electron chi connectivity index (χ0n) is 18.6. The Labute approximate surface area is 184 Å². The highest BCUT2D eigenvalue weighted by Gasteiger charge is 2.23. The minimum absolute atomic E-state index is 0.126. The molecule has 6 heteroatoms. The molecule has 166 valence electrons. The zero-order chi connectivity index (χ0) is 22.2. The number of rotatable bonds is 8. The van der Waals surface area contributed by atoms with Crippen molar-refractivity contribution in [1.29, 1.82) is 0 Å². The average Bonchev–Trinajstić information content (AvgIpc) is 2.77. The number of allylic oxidation sites excluding steroid dienone is 1. The van der Waals surface area contributed by atoms with Gasteiger partial charge < -0.3 is 24.4 Å². The topological polar surface area (TPSA) is 62.2 Å². The van der Waals surface area contributed by atoms with E-state index in [1.54, 1.807) is 7.11 Å². The number of carbonyl (C=O) groups excluding carboxylic acids is 1. The van der Waals surface area contributed by atoms with Gasteiger partial charge in [-0.15, -0.1) is 0 Å². The number of hydrogen-bond acceptors (Lipinski definition) is 5. The summed E-state index contributed by atoms with van der Waals surface area (Å²) in [7, 11) is 1.62. The van der Waals surface area contributed by atoms with Gasteiger partial charge in [0.2, 0.25) is 5.91 Å². The van der Waals surface area contributed by atoms with E-state index in [-0.39, 0.29) is 12.5 Å². The van der Waals surface area contributed by atoms with Crippen molar-refractivity contribution >= 4 is 11.6 Å². The Morgan fingerprint density at radius 3 is 2.52 bits per heavy atom. The van der Waals surface area contributed by atoms with Gasteiger partial charge in [0.05, 0.1) is 7.11 Å². The summed E-state index contributed by atoms with van der Waals surface area (Å²) in [5.41, 5.74) is 3.34. The Balaban J connectivity index is 1.66. The van der Waals surface area contributed by atoms with Crippen LogP contribution in [0.25, 0.3) is 0 Å². The number of benzene rings is 2. The van der Waals surface area contributed by atoms with Crippen molar-refractivity contribution in [1.82, 2.24) is 4.90 Å². The predicted molar refractivity (Wildman–Crippen MR) is 123 cm³/mol. The molecule has 1 unspecified atom stereocenters. The molecule has 3 rings (SSSR count). The van der Waals surface area contributed by atoms with Gasteiger partial charge in [-0.05, 0) is 49.7 Å². The first-order valence-electron chi connectivity index (χ1n) is 10.6. The third-order valence-corrected chi connectivity index (χ3v) is 5.29. The van der Waals surface area contributed by atoms with E-state index in [2.05, 4.69) is 23.1 Å². The van der Waals surface area contributed by atoms with Crippen LogP contribution in [0.4, 0.5) is 5.69 Å². The molecule has 0 radical (unpaired) electrons. The lowest BCUT2D eigenvalue weighted by Gasteiger charge is -2.34. The van der Waals surface area contributed by atoms with E-state index in [9.17, 15) is 9.90 Å². The third kappa shape index (κ3) is 6.49. The maximum absolute atomic E-state index is 12.8. The van der Waals surface area contributed by atoms with Crippen LogP contribution in [0, 0.1) is 0 Å². The highest BCUT2D eigenvalue weighted by atomic mass is 16.5. The number of anilines is 1. The monoisotopic (exact) mass is 424 g/mol. The van der Waals surface area contributed by atoms with Crippen molar-refractivity contribution in [3.8, 4) is 11.5 Å². The fraction of sp³-hybridized carbons (Fsp3) is 0.400. The van der Waals surface area contributed by atoms with Crippen molar-refractivity contribution in [3.05, 3.63) is 65.7 Å². The largest absolute Gasteiger partial charge is 0.497 e. The summed E-state index contributed by atoms with van der Waals surface area (Å²) in [5, 5.41) is 10.6. The van der Waals surface area contributed by atoms with Gasteiger partial charge in [0.25, 0.3) is 0 Å². The number of ether oxygens (including phenoxy) is 2. The Bertz CT molecular complexity index is 891. The quantitative estimate of drug-likeness (QED) is 0.656. The van der Waals surface area contributed by atoms with Gasteiger partial charge in [0.15, 0.2) is 0 Å². The summed E-state index contributed by atoms with van der Waals surface area (Å²) >= 11 is 0. The molecular formula is C25H32N2O4. The Morgan fingerprint density at radius 2 is 1.81 bits per heavy atom. The fourth-order valence-electron chi connectivity index (χ4n) is 3.58. The van der Waals surface area contributed by atoms with E-state index in [1.807, 2.05) is 55.1 Å². The van der Waals surface area contributed by atoms with E-state index < -0.39 is 6.10 Å². The van der Waals surface area contributed by atoms with Crippen LogP contribution in [0.15, 0.2) is 60.2 Å². The normalized spacial score (nSPS) is 14.9. The Hall–Kier alpha value is -2.99. The van der Waals surface area contributed by atoms with Crippen molar-refractivity contribution in [2.75, 3.05) is 38.3 Å². The molecule has 1 N–H and O–H groups in total. The number of fused-ring (bicyclic) bond motifs is 1. The molecule has 2 aromatic rings. The molecule has 1 atom stereocenters. The molecule has 6 nitrogen and oxygen atoms in total. The van der Waals surface area contributed by atoms with Crippen molar-refractivity contribution in [3.63, 3.8) is 0 Å². The number of amides is 1. The van der Waals surface area contributed by atoms with Gasteiger partial charge in [0, 0.05) is 38.3 Å². The molecule has 0 fully saturated rings. The van der Waals surface area contributed by atoms with Crippen LogP contribution in [0.3, 0.4) is 0 Å². The van der Waals surface area contributed by atoms with Crippen LogP contribution in [0.5, 0.6) is 11.5 Å². The molecule has 0 saturated heterocycles. The summed E-state index contributed by atoms with van der Waals surface area (Å²) in [4.78, 5) is 16.7. The molecule has 0 aliphatic carbocycles. The molecule has 0 spiro atoms. The molecular weight excluding hydrogens is 392 g/mol. The Kier molecular flexibility index (Phi) is 7.95. The Morgan fingerprint density at radius 1 is 1.10 bits per heavy atom. The average molecular weight is 425 g/mol. The summed E-state index contributed by atoms with van der Waals surface area (Å²) in [5.74, 6) is 1.56. The number of aliphatic hydroxyl groups is 1. The van der Waals surface area contributed by atoms with Crippen LogP contribution in [-0.4, -0.2) is 55.4 Å². The van der Waals surface area contributed by atoms with Gasteiger partial charge in [-0.1, -0.05) is 29.8 Å². The van der Waals surface area contributed by atoms with Crippen LogP contribution < -0.4 is 14.4 Å². The molecule has 1 heterocycles. The lowest BCUT2D eigenvalue weighted by molar-refractivity contribution is -0.131. The van der Waals surface area contributed by atoms with Crippen LogP contribution in [0.2, 0.25) is 0 Å². The van der Waals surface area contributed by atoms with Crippen LogP contribution in [-0.2, 0) is 11.3 Å². The number of carbonyl (C=O) groups is 1. The first-order valence-corrected chi connectivity index (χ1v) is 10.6. The highest BCUT2D eigenvalue weighted by Crippen LogP contribution is 2.25. The molecule has 31 heavy (non-hydrogen) atoms. The predicted octanol–water partition coefficient (Wildman–Crippen LogP) is 3.64. The molecule has 2 aromatic carbocycles. The number of para-hydroxylation sites is 1. The number of β-amino-alcohol motifs (C(OH)–C–C–N with tert-alkyl or cyclic N) is 1. The van der Waals surface area contributed by atoms with Gasteiger partial charge >= 0.3 is 0 Å². The van der Waals surface area contributed by atoms with Crippen molar-refractivity contribution < 1.29 is 19.4 Å². The van der Waals surface area contributed by atoms with Crippen LogP contribution in [0.1, 0.15) is 25.8 Å². The molecule has 1 amide bonds. The minimum Gasteiger partial charge on any atom is -0.497 e. The number of aliphatic hydroxyl groups excluding tert-OH is 1. The zero-order valence-corrected chi connectivity index (χ0v) is 18.6. The van der Waals surface area contributed by atoms with E-state index in [1.165, 1.54) is 5.57 Å². The lowest BCUT2D eigenvalue weighted by atomic mass is 10.1. The van der Waals surface area contributed by atoms with Crippen LogP contribution >= 0.6 is 0 Å². The summed E-state index contributed by atoms with van der Waals surface area (Å²) < 4.78 is 10.9. The van der Waals surface area contributed by atoms with Crippen molar-refractivity contribution in [2.45, 2.75) is 32.9 Å². The smallest absolute Gasteiger partial charge is 0.224 e. The van der Waals surface area contributed by atoms with Crippen molar-refractivity contribution in [2.24, 2.45) is 0 Å². The molecule has 1 aliphatic heterocycles. The number of nitrogens with zero attached hydrogens (tertiary/aromatic N) is 2. The van der Waals surface area contributed by atoms with E-state index in [4.69, 9.17) is 9.47 Å². The standard InChI is InChI=1S/C25H32N2O4/c1-19(2)12-14-27-16-20-6-4-5-7-24(20)26(15-13-25(27)29)17-21(28)18-31-23-10-8-22(30-3)9-11-23/h4-12,21,28H,13-18H2,1-3H3. The fourth-order valence-corrected chi connectivity index (χ4v) is 3.58.